The number of cyclic esters (lactones) is 2. The molecule has 0 amide bonds. The van der Waals surface area contributed by atoms with E-state index in [1.807, 2.05) is 0 Å². The minimum atomic E-state index is -1.01. The highest BCUT2D eigenvalue weighted by atomic mass is 16.6. The Balaban J connectivity index is 1.71. The Morgan fingerprint density at radius 1 is 0.821 bits per heavy atom. The van der Waals surface area contributed by atoms with Crippen LogP contribution in [0.5, 0.6) is 0 Å². The van der Waals surface area contributed by atoms with Gasteiger partial charge >= 0.3 is 23.9 Å². The van der Waals surface area contributed by atoms with Crippen LogP contribution in [0.15, 0.2) is 12.2 Å². The Bertz CT molecular complexity index is 660. The van der Waals surface area contributed by atoms with Gasteiger partial charge in [0.2, 0.25) is 12.2 Å². The molecule has 2 saturated heterocycles. The molecule has 0 radical (unpaired) electrons. The lowest BCUT2D eigenvalue weighted by atomic mass is 9.82. The molecule has 8 nitrogen and oxygen atoms in total. The van der Waals surface area contributed by atoms with Gasteiger partial charge in [0.15, 0.2) is 0 Å². The van der Waals surface area contributed by atoms with Crippen molar-refractivity contribution in [2.45, 2.75) is 52.7 Å². The maximum atomic E-state index is 12.8. The van der Waals surface area contributed by atoms with E-state index in [2.05, 4.69) is 0 Å². The van der Waals surface area contributed by atoms with Crippen molar-refractivity contribution >= 4 is 23.9 Å². The number of hydrogen-bond acceptors (Lipinski definition) is 8. The summed E-state index contributed by atoms with van der Waals surface area (Å²) in [5.41, 5.74) is -1.27. The van der Waals surface area contributed by atoms with Gasteiger partial charge in [-0.15, -0.1) is 0 Å². The Morgan fingerprint density at radius 2 is 1.18 bits per heavy atom. The predicted octanol–water partition coefficient (Wildman–Crippen LogP) is 1.56. The minimum Gasteiger partial charge on any atom is -0.462 e. The van der Waals surface area contributed by atoms with E-state index in [4.69, 9.17) is 18.9 Å². The Kier molecular flexibility index (Phi) is 5.25. The van der Waals surface area contributed by atoms with Crippen LogP contribution in [-0.2, 0) is 38.1 Å². The van der Waals surface area contributed by atoms with Crippen molar-refractivity contribution < 1.29 is 38.1 Å². The summed E-state index contributed by atoms with van der Waals surface area (Å²) in [5, 5.41) is 0. The van der Waals surface area contributed by atoms with Crippen molar-refractivity contribution in [1.82, 2.24) is 0 Å². The number of carbonyl (C=O) groups is 4. The van der Waals surface area contributed by atoms with Gasteiger partial charge in [0.05, 0.1) is 11.8 Å². The molecule has 3 aliphatic rings. The van der Waals surface area contributed by atoms with Crippen LogP contribution < -0.4 is 0 Å². The summed E-state index contributed by atoms with van der Waals surface area (Å²) in [6, 6.07) is 0. The first-order valence-corrected chi connectivity index (χ1v) is 9.42. The topological polar surface area (TPSA) is 105 Å². The van der Waals surface area contributed by atoms with Gasteiger partial charge in [-0.1, -0.05) is 39.8 Å². The molecule has 0 saturated carbocycles. The molecule has 2 heterocycles. The summed E-state index contributed by atoms with van der Waals surface area (Å²) in [6.45, 7) is 7.43. The fraction of sp³-hybridized carbons (Fsp3) is 0.700. The van der Waals surface area contributed by atoms with Gasteiger partial charge in [0.25, 0.3) is 0 Å². The lowest BCUT2D eigenvalue weighted by Gasteiger charge is -2.30. The quantitative estimate of drug-likeness (QED) is 0.402. The molecule has 4 atom stereocenters. The lowest BCUT2D eigenvalue weighted by Crippen LogP contribution is -2.42. The maximum absolute atomic E-state index is 12.8. The molecule has 0 aromatic carbocycles. The molecule has 0 N–H and O–H groups in total. The lowest BCUT2D eigenvalue weighted by molar-refractivity contribution is -0.175. The van der Waals surface area contributed by atoms with Crippen molar-refractivity contribution in [2.24, 2.45) is 22.7 Å². The Hall–Kier alpha value is -2.38. The van der Waals surface area contributed by atoms with Gasteiger partial charge in [-0.3, -0.25) is 9.59 Å². The summed E-state index contributed by atoms with van der Waals surface area (Å²) < 4.78 is 20.9. The minimum absolute atomic E-state index is 0.165. The van der Waals surface area contributed by atoms with Crippen LogP contribution in [0.4, 0.5) is 0 Å². The van der Waals surface area contributed by atoms with E-state index in [0.717, 1.165) is 0 Å². The smallest absolute Gasteiger partial charge is 0.348 e. The summed E-state index contributed by atoms with van der Waals surface area (Å²) in [7, 11) is 0. The number of ether oxygens (including phenoxy) is 4. The molecular weight excluding hydrogens is 368 g/mol. The van der Waals surface area contributed by atoms with E-state index in [0.29, 0.717) is 12.8 Å². The van der Waals surface area contributed by atoms with E-state index < -0.39 is 58.8 Å². The van der Waals surface area contributed by atoms with E-state index in [-0.39, 0.29) is 13.2 Å². The van der Waals surface area contributed by atoms with Gasteiger partial charge in [0, 0.05) is 10.8 Å². The third-order valence-corrected chi connectivity index (χ3v) is 5.53. The summed E-state index contributed by atoms with van der Waals surface area (Å²) >= 11 is 0. The summed E-state index contributed by atoms with van der Waals surface area (Å²) in [6.07, 6.45) is 2.15. The molecule has 2 aliphatic heterocycles. The van der Waals surface area contributed by atoms with Crippen molar-refractivity contribution in [1.29, 1.82) is 0 Å². The molecule has 0 bridgehead atoms. The van der Waals surface area contributed by atoms with Crippen LogP contribution >= 0.6 is 0 Å². The van der Waals surface area contributed by atoms with E-state index >= 15 is 0 Å². The number of esters is 4. The van der Waals surface area contributed by atoms with Crippen molar-refractivity contribution in [3.05, 3.63) is 12.2 Å². The molecule has 28 heavy (non-hydrogen) atoms. The van der Waals surface area contributed by atoms with E-state index in [1.165, 1.54) is 0 Å². The van der Waals surface area contributed by atoms with Crippen molar-refractivity contribution in [3.8, 4) is 0 Å². The zero-order valence-corrected chi connectivity index (χ0v) is 16.6. The highest BCUT2D eigenvalue weighted by Gasteiger charge is 2.50. The van der Waals surface area contributed by atoms with E-state index in [1.54, 1.807) is 39.8 Å². The highest BCUT2D eigenvalue weighted by Crippen LogP contribution is 2.36. The molecule has 3 rings (SSSR count). The highest BCUT2D eigenvalue weighted by molar-refractivity contribution is 5.87. The predicted molar refractivity (Wildman–Crippen MR) is 94.6 cm³/mol. The van der Waals surface area contributed by atoms with Gasteiger partial charge < -0.3 is 18.9 Å². The number of carbonyl (C=O) groups excluding carboxylic acids is 4. The molecule has 0 aromatic rings. The largest absolute Gasteiger partial charge is 0.462 e. The molecule has 0 spiro atoms. The molecule has 1 aliphatic carbocycles. The third-order valence-electron chi connectivity index (χ3n) is 5.53. The van der Waals surface area contributed by atoms with Gasteiger partial charge in [-0.2, -0.15) is 0 Å². The van der Waals surface area contributed by atoms with Gasteiger partial charge in [0.1, 0.15) is 13.2 Å². The zero-order valence-electron chi connectivity index (χ0n) is 16.6. The van der Waals surface area contributed by atoms with Crippen LogP contribution in [0.25, 0.3) is 0 Å². The first-order chi connectivity index (χ1) is 13.0. The third kappa shape index (κ3) is 3.77. The SMILES string of the molecule is CC1(C)COC(=O)[C@@H]1OC(=O)[C@@H]1CC=CC[C@H]1C(=O)O[C@H]1C(=O)OCC1(C)C. The van der Waals surface area contributed by atoms with Crippen molar-refractivity contribution in [3.63, 3.8) is 0 Å². The molecule has 0 aromatic heterocycles. The average molecular weight is 394 g/mol. The van der Waals surface area contributed by atoms with Crippen LogP contribution in [0, 0.1) is 22.7 Å². The first-order valence-electron chi connectivity index (χ1n) is 9.42. The first kappa shape index (κ1) is 20.4. The van der Waals surface area contributed by atoms with E-state index in [9.17, 15) is 19.2 Å². The zero-order chi connectivity index (χ0) is 20.7. The normalized spacial score (nSPS) is 33.1. The summed E-state index contributed by atoms with van der Waals surface area (Å²) in [5.74, 6) is -4.03. The van der Waals surface area contributed by atoms with Crippen LogP contribution in [-0.4, -0.2) is 49.3 Å². The van der Waals surface area contributed by atoms with Crippen LogP contribution in [0.2, 0.25) is 0 Å². The average Bonchev–Trinajstić information content (AvgIpc) is 3.05. The Labute approximate surface area is 163 Å². The van der Waals surface area contributed by atoms with Crippen LogP contribution in [0.3, 0.4) is 0 Å². The summed E-state index contributed by atoms with van der Waals surface area (Å²) in [4.78, 5) is 49.3. The van der Waals surface area contributed by atoms with Gasteiger partial charge in [-0.05, 0) is 12.8 Å². The second-order valence-electron chi connectivity index (χ2n) is 8.98. The number of hydrogen-bond donors (Lipinski definition) is 0. The Morgan fingerprint density at radius 3 is 1.46 bits per heavy atom. The standard InChI is InChI=1S/C20H26O8/c1-19(2)9-25-17(23)13(19)27-15(21)11-7-5-6-8-12(11)16(22)28-14-18(24)26-10-20(14,3)4/h5-6,11-14H,7-10H2,1-4H3/t11-,12-,13+,14+/m1/s1. The fourth-order valence-corrected chi connectivity index (χ4v) is 3.61. The van der Waals surface area contributed by atoms with Gasteiger partial charge in [-0.25, -0.2) is 9.59 Å². The second-order valence-corrected chi connectivity index (χ2v) is 8.98. The fourth-order valence-electron chi connectivity index (χ4n) is 3.61. The van der Waals surface area contributed by atoms with Crippen LogP contribution in [0.1, 0.15) is 40.5 Å². The number of rotatable bonds is 4. The maximum Gasteiger partial charge on any atom is 0.348 e. The molecular formula is C20H26O8. The van der Waals surface area contributed by atoms with Crippen molar-refractivity contribution in [2.75, 3.05) is 13.2 Å². The second kappa shape index (κ2) is 7.22. The molecule has 8 heteroatoms. The monoisotopic (exact) mass is 394 g/mol. The number of allylic oxidation sites excluding steroid dienone is 2. The molecule has 0 unspecified atom stereocenters. The molecule has 2 fully saturated rings. The molecule has 154 valence electrons.